The molecular formula is C8H9ClN2O2S. The van der Waals surface area contributed by atoms with Gasteiger partial charge in [0.05, 0.1) is 11.5 Å². The third kappa shape index (κ3) is 3.76. The minimum atomic E-state index is -0.354. The van der Waals surface area contributed by atoms with Crippen LogP contribution >= 0.6 is 22.9 Å². The summed E-state index contributed by atoms with van der Waals surface area (Å²) in [6, 6.07) is 3.61. The second-order valence-corrected chi connectivity index (χ2v) is 3.65. The lowest BCUT2D eigenvalue weighted by atomic mass is 10.5. The number of nitrogens with one attached hydrogen (secondary N) is 2. The molecular weight excluding hydrogens is 224 g/mol. The number of thiophene rings is 1. The van der Waals surface area contributed by atoms with Crippen LogP contribution in [0.4, 0.5) is 5.00 Å². The summed E-state index contributed by atoms with van der Waals surface area (Å²) in [6.45, 7) is -0.0521. The van der Waals surface area contributed by atoms with Crippen LogP contribution in [0.25, 0.3) is 0 Å². The van der Waals surface area contributed by atoms with E-state index in [1.807, 2.05) is 11.4 Å². The molecule has 0 aromatic carbocycles. The molecule has 0 aliphatic carbocycles. The van der Waals surface area contributed by atoms with Gasteiger partial charge in [0.1, 0.15) is 5.88 Å². The molecule has 2 amide bonds. The summed E-state index contributed by atoms with van der Waals surface area (Å²) in [6.07, 6.45) is 0. The molecule has 6 heteroatoms. The Morgan fingerprint density at radius 2 is 2.21 bits per heavy atom. The fourth-order valence-electron chi connectivity index (χ4n) is 0.757. The molecule has 14 heavy (non-hydrogen) atoms. The minimum Gasteiger partial charge on any atom is -0.346 e. The highest BCUT2D eigenvalue weighted by molar-refractivity contribution is 7.14. The van der Waals surface area contributed by atoms with E-state index in [1.165, 1.54) is 11.3 Å². The Labute approximate surface area is 90.3 Å². The van der Waals surface area contributed by atoms with Crippen molar-refractivity contribution in [2.45, 2.75) is 0 Å². The van der Waals surface area contributed by atoms with Gasteiger partial charge in [0.2, 0.25) is 11.8 Å². The summed E-state index contributed by atoms with van der Waals surface area (Å²) in [5, 5.41) is 7.60. The number of alkyl halides is 1. The van der Waals surface area contributed by atoms with Crippen LogP contribution in [0, 0.1) is 0 Å². The molecule has 0 unspecified atom stereocenters. The van der Waals surface area contributed by atoms with Crippen LogP contribution in [0.5, 0.6) is 0 Å². The Balaban J connectivity index is 2.26. The van der Waals surface area contributed by atoms with Crippen molar-refractivity contribution in [2.75, 3.05) is 17.7 Å². The molecule has 0 radical (unpaired) electrons. The molecule has 4 nitrogen and oxygen atoms in total. The molecule has 0 saturated carbocycles. The summed E-state index contributed by atoms with van der Waals surface area (Å²) in [7, 11) is 0. The number of rotatable bonds is 4. The van der Waals surface area contributed by atoms with Gasteiger partial charge in [-0.05, 0) is 17.5 Å². The largest absolute Gasteiger partial charge is 0.346 e. The van der Waals surface area contributed by atoms with Crippen molar-refractivity contribution in [3.05, 3.63) is 17.5 Å². The van der Waals surface area contributed by atoms with Gasteiger partial charge in [0, 0.05) is 0 Å². The maximum absolute atomic E-state index is 11.2. The first-order valence-electron chi connectivity index (χ1n) is 3.88. The topological polar surface area (TPSA) is 58.2 Å². The van der Waals surface area contributed by atoms with Crippen molar-refractivity contribution in [1.29, 1.82) is 0 Å². The standard InChI is InChI=1S/C8H9ClN2O2S/c9-4-6(12)10-5-7(13)11-8-2-1-3-14-8/h1-3H,4-5H2,(H,10,12)(H,11,13). The molecule has 0 saturated heterocycles. The lowest BCUT2D eigenvalue weighted by molar-refractivity contribution is -0.122. The van der Waals surface area contributed by atoms with Crippen LogP contribution in [-0.2, 0) is 9.59 Å². The van der Waals surface area contributed by atoms with Crippen LogP contribution in [0.3, 0.4) is 0 Å². The average Bonchev–Trinajstić information content (AvgIpc) is 2.66. The SMILES string of the molecule is O=C(CCl)NCC(=O)Nc1cccs1. The first-order chi connectivity index (χ1) is 6.72. The van der Waals surface area contributed by atoms with Crippen molar-refractivity contribution in [3.8, 4) is 0 Å². The number of carbonyl (C=O) groups excluding carboxylic acids is 2. The summed E-state index contributed by atoms with van der Waals surface area (Å²) < 4.78 is 0. The summed E-state index contributed by atoms with van der Waals surface area (Å²) in [4.78, 5) is 21.9. The zero-order valence-electron chi connectivity index (χ0n) is 7.25. The maximum Gasteiger partial charge on any atom is 0.244 e. The Hall–Kier alpha value is -1.07. The van der Waals surface area contributed by atoms with E-state index < -0.39 is 0 Å². The van der Waals surface area contributed by atoms with Gasteiger partial charge in [0.15, 0.2) is 0 Å². The van der Waals surface area contributed by atoms with E-state index in [1.54, 1.807) is 6.07 Å². The Bertz CT molecular complexity index is 313. The number of hydrogen-bond donors (Lipinski definition) is 2. The van der Waals surface area contributed by atoms with Gasteiger partial charge in [-0.15, -0.1) is 22.9 Å². The molecule has 1 aromatic rings. The molecule has 1 heterocycles. The smallest absolute Gasteiger partial charge is 0.244 e. The summed E-state index contributed by atoms with van der Waals surface area (Å²) in [5.74, 6) is -0.745. The van der Waals surface area contributed by atoms with Gasteiger partial charge in [-0.25, -0.2) is 0 Å². The Morgan fingerprint density at radius 1 is 1.43 bits per heavy atom. The molecule has 1 rings (SSSR count). The van der Waals surface area contributed by atoms with Gasteiger partial charge in [-0.3, -0.25) is 9.59 Å². The van der Waals surface area contributed by atoms with Gasteiger partial charge in [0.25, 0.3) is 0 Å². The van der Waals surface area contributed by atoms with Crippen LogP contribution in [0.1, 0.15) is 0 Å². The van der Waals surface area contributed by atoms with Crippen LogP contribution in [0.15, 0.2) is 17.5 Å². The van der Waals surface area contributed by atoms with Crippen LogP contribution < -0.4 is 10.6 Å². The van der Waals surface area contributed by atoms with E-state index in [9.17, 15) is 9.59 Å². The second-order valence-electron chi connectivity index (χ2n) is 2.44. The predicted molar refractivity (Wildman–Crippen MR) is 56.7 cm³/mol. The number of hydrogen-bond acceptors (Lipinski definition) is 3. The predicted octanol–water partition coefficient (Wildman–Crippen LogP) is 1.04. The Kier molecular flexibility index (Phi) is 4.42. The fourth-order valence-corrected chi connectivity index (χ4v) is 1.49. The van der Waals surface area contributed by atoms with E-state index in [4.69, 9.17) is 11.6 Å². The zero-order valence-corrected chi connectivity index (χ0v) is 8.82. The quantitative estimate of drug-likeness (QED) is 0.763. The highest BCUT2D eigenvalue weighted by Gasteiger charge is 2.04. The lowest BCUT2D eigenvalue weighted by Gasteiger charge is -2.02. The molecule has 0 atom stereocenters. The van der Waals surface area contributed by atoms with Crippen molar-refractivity contribution >= 4 is 39.8 Å². The van der Waals surface area contributed by atoms with Crippen LogP contribution in [-0.4, -0.2) is 24.2 Å². The lowest BCUT2D eigenvalue weighted by Crippen LogP contribution is -2.33. The van der Waals surface area contributed by atoms with E-state index >= 15 is 0 Å². The average molecular weight is 233 g/mol. The van der Waals surface area contributed by atoms with Gasteiger partial charge in [-0.1, -0.05) is 0 Å². The molecule has 76 valence electrons. The molecule has 1 aromatic heterocycles. The number of anilines is 1. The number of halogens is 1. The summed E-state index contributed by atoms with van der Waals surface area (Å²) in [5.41, 5.74) is 0. The highest BCUT2D eigenvalue weighted by atomic mass is 35.5. The van der Waals surface area contributed by atoms with Gasteiger partial charge < -0.3 is 10.6 Å². The Morgan fingerprint density at radius 3 is 2.79 bits per heavy atom. The second kappa shape index (κ2) is 5.62. The third-order valence-electron chi connectivity index (χ3n) is 1.35. The molecule has 0 aliphatic heterocycles. The van der Waals surface area contributed by atoms with E-state index in [0.29, 0.717) is 0 Å². The number of amides is 2. The first-order valence-corrected chi connectivity index (χ1v) is 5.30. The number of carbonyl (C=O) groups is 2. The van der Waals surface area contributed by atoms with Gasteiger partial charge >= 0.3 is 0 Å². The molecule has 2 N–H and O–H groups in total. The van der Waals surface area contributed by atoms with E-state index in [0.717, 1.165) is 5.00 Å². The van der Waals surface area contributed by atoms with Crippen molar-refractivity contribution in [2.24, 2.45) is 0 Å². The van der Waals surface area contributed by atoms with E-state index in [-0.39, 0.29) is 24.2 Å². The molecule has 0 spiro atoms. The highest BCUT2D eigenvalue weighted by Crippen LogP contribution is 2.14. The summed E-state index contributed by atoms with van der Waals surface area (Å²) >= 11 is 6.66. The van der Waals surface area contributed by atoms with Gasteiger partial charge in [-0.2, -0.15) is 0 Å². The first kappa shape index (κ1) is 11.0. The van der Waals surface area contributed by atoms with Crippen LogP contribution in [0.2, 0.25) is 0 Å². The monoisotopic (exact) mass is 232 g/mol. The third-order valence-corrected chi connectivity index (χ3v) is 2.38. The minimum absolute atomic E-state index is 0.0521. The molecule has 0 aliphatic rings. The molecule has 0 bridgehead atoms. The van der Waals surface area contributed by atoms with Crippen molar-refractivity contribution < 1.29 is 9.59 Å². The molecule has 0 fully saturated rings. The van der Waals surface area contributed by atoms with Crippen molar-refractivity contribution in [3.63, 3.8) is 0 Å². The maximum atomic E-state index is 11.2. The normalized spacial score (nSPS) is 9.50. The fraction of sp³-hybridized carbons (Fsp3) is 0.250. The zero-order chi connectivity index (χ0) is 10.4. The van der Waals surface area contributed by atoms with E-state index in [2.05, 4.69) is 10.6 Å². The van der Waals surface area contributed by atoms with Crippen molar-refractivity contribution in [1.82, 2.24) is 5.32 Å².